The Kier molecular flexibility index (Phi) is 6.17. The van der Waals surface area contributed by atoms with Crippen LogP contribution < -0.4 is 11.1 Å². The predicted molar refractivity (Wildman–Crippen MR) is 117 cm³/mol. The summed E-state index contributed by atoms with van der Waals surface area (Å²) in [6.45, 7) is 1.00. The Hall–Kier alpha value is -2.96. The molecule has 4 rings (SSSR count). The van der Waals surface area contributed by atoms with Gasteiger partial charge in [0.2, 0.25) is 15.9 Å². The number of hydrogen-bond acceptors (Lipinski definition) is 8. The lowest BCUT2D eigenvalue weighted by atomic mass is 10.3. The molecule has 1 amide bonds. The van der Waals surface area contributed by atoms with E-state index in [2.05, 4.69) is 10.1 Å². The number of rotatable bonds is 7. The lowest BCUT2D eigenvalue weighted by molar-refractivity contribution is -0.116. The van der Waals surface area contributed by atoms with Crippen molar-refractivity contribution in [3.05, 3.63) is 45.8 Å². The third-order valence-electron chi connectivity index (χ3n) is 5.16. The topological polar surface area (TPSA) is 128 Å². The van der Waals surface area contributed by atoms with E-state index in [1.165, 1.54) is 34.2 Å². The van der Waals surface area contributed by atoms with Gasteiger partial charge >= 0.3 is 11.7 Å². The molecule has 1 aromatic carbocycles. The Labute approximate surface area is 187 Å². The maximum Gasteiger partial charge on any atom is 0.419 e. The van der Waals surface area contributed by atoms with Crippen LogP contribution in [0.4, 0.5) is 5.00 Å². The Morgan fingerprint density at radius 2 is 1.94 bits per heavy atom. The first-order valence-electron chi connectivity index (χ1n) is 9.91. The number of aryl methyl sites for hydroxylation is 1. The van der Waals surface area contributed by atoms with Crippen LogP contribution in [0.15, 0.2) is 44.4 Å². The van der Waals surface area contributed by atoms with Gasteiger partial charge in [-0.25, -0.2) is 18.0 Å². The molecule has 0 aliphatic carbocycles. The van der Waals surface area contributed by atoms with Crippen LogP contribution in [0, 0.1) is 0 Å². The number of amides is 1. The minimum absolute atomic E-state index is 0.0200. The second kappa shape index (κ2) is 8.88. The lowest BCUT2D eigenvalue weighted by Gasteiger charge is -2.15. The summed E-state index contributed by atoms with van der Waals surface area (Å²) in [7, 11) is -2.36. The van der Waals surface area contributed by atoms with Crippen LogP contribution in [0.5, 0.6) is 0 Å². The molecule has 32 heavy (non-hydrogen) atoms. The van der Waals surface area contributed by atoms with Crippen molar-refractivity contribution in [2.24, 2.45) is 0 Å². The van der Waals surface area contributed by atoms with E-state index in [0.717, 1.165) is 24.2 Å². The molecule has 170 valence electrons. The highest BCUT2D eigenvalue weighted by molar-refractivity contribution is 7.89. The maximum atomic E-state index is 12.7. The zero-order valence-corrected chi connectivity index (χ0v) is 18.8. The normalized spacial score (nSPS) is 14.7. The summed E-state index contributed by atoms with van der Waals surface area (Å²) in [5.41, 5.74) is 0.559. The number of thiophene rings is 1. The second-order valence-corrected chi connectivity index (χ2v) is 10.2. The monoisotopic (exact) mass is 479 g/mol. The van der Waals surface area contributed by atoms with E-state index in [-0.39, 0.29) is 29.4 Å². The van der Waals surface area contributed by atoms with E-state index in [4.69, 9.17) is 4.42 Å². The number of carbonyl (C=O) groups excluding carboxylic acids is 2. The molecule has 1 saturated heterocycles. The van der Waals surface area contributed by atoms with E-state index in [1.54, 1.807) is 12.1 Å². The van der Waals surface area contributed by atoms with Gasteiger partial charge in [0.1, 0.15) is 4.88 Å². The minimum atomic E-state index is -3.63. The van der Waals surface area contributed by atoms with E-state index >= 15 is 0 Å². The molecule has 2 aromatic heterocycles. The number of esters is 1. The third-order valence-corrected chi connectivity index (χ3v) is 8.04. The van der Waals surface area contributed by atoms with Gasteiger partial charge in [-0.1, -0.05) is 0 Å². The van der Waals surface area contributed by atoms with Crippen LogP contribution >= 0.6 is 11.3 Å². The van der Waals surface area contributed by atoms with Gasteiger partial charge in [-0.3, -0.25) is 9.36 Å². The van der Waals surface area contributed by atoms with Crippen LogP contribution in [0.2, 0.25) is 0 Å². The van der Waals surface area contributed by atoms with Gasteiger partial charge < -0.3 is 14.5 Å². The summed E-state index contributed by atoms with van der Waals surface area (Å²) < 4.78 is 38.1. The summed E-state index contributed by atoms with van der Waals surface area (Å²) in [6.07, 6.45) is 1.63. The zero-order valence-electron chi connectivity index (χ0n) is 17.2. The van der Waals surface area contributed by atoms with Gasteiger partial charge in [-0.15, -0.1) is 11.3 Å². The first kappa shape index (κ1) is 22.2. The highest BCUT2D eigenvalue weighted by Gasteiger charge is 2.28. The van der Waals surface area contributed by atoms with Crippen molar-refractivity contribution in [2.75, 3.05) is 25.5 Å². The standard InChI is InChI=1S/C20H21N3O7S2/c1-29-19(25)16-6-7-18(31-16)21-17(24)8-11-23-14-5-4-13(12-15(14)30-20(23)26)32(27,28)22-9-2-3-10-22/h4-7,12H,2-3,8-11H2,1H3,(H,21,24). The van der Waals surface area contributed by atoms with Crippen molar-refractivity contribution in [3.8, 4) is 0 Å². The van der Waals surface area contributed by atoms with Crippen LogP contribution in [-0.4, -0.2) is 49.4 Å². The third kappa shape index (κ3) is 4.33. The van der Waals surface area contributed by atoms with Gasteiger partial charge in [0.05, 0.1) is 22.5 Å². The van der Waals surface area contributed by atoms with Crippen LogP contribution in [0.3, 0.4) is 0 Å². The van der Waals surface area contributed by atoms with Crippen molar-refractivity contribution >= 4 is 49.3 Å². The maximum absolute atomic E-state index is 12.7. The number of fused-ring (bicyclic) bond motifs is 1. The van der Waals surface area contributed by atoms with E-state index in [0.29, 0.717) is 28.5 Å². The summed E-state index contributed by atoms with van der Waals surface area (Å²) in [5, 5.41) is 3.16. The minimum Gasteiger partial charge on any atom is -0.465 e. The summed E-state index contributed by atoms with van der Waals surface area (Å²) in [6, 6.07) is 7.45. The second-order valence-electron chi connectivity index (χ2n) is 7.21. The molecule has 0 atom stereocenters. The molecule has 1 fully saturated rings. The van der Waals surface area contributed by atoms with Gasteiger partial charge in [0, 0.05) is 32.1 Å². The number of hydrogen-bond donors (Lipinski definition) is 1. The smallest absolute Gasteiger partial charge is 0.419 e. The lowest BCUT2D eigenvalue weighted by Crippen LogP contribution is -2.27. The van der Waals surface area contributed by atoms with Gasteiger partial charge in [0.15, 0.2) is 5.58 Å². The Balaban J connectivity index is 1.47. The first-order valence-corrected chi connectivity index (χ1v) is 12.2. The summed E-state index contributed by atoms with van der Waals surface area (Å²) >= 11 is 1.08. The Morgan fingerprint density at radius 3 is 2.66 bits per heavy atom. The van der Waals surface area contributed by atoms with Crippen molar-refractivity contribution in [3.63, 3.8) is 0 Å². The Morgan fingerprint density at radius 1 is 1.19 bits per heavy atom. The van der Waals surface area contributed by atoms with Gasteiger partial charge in [-0.05, 0) is 37.1 Å². The molecule has 0 saturated carbocycles. The Bertz CT molecular complexity index is 1330. The number of sulfonamides is 1. The number of nitrogens with zero attached hydrogens (tertiary/aromatic N) is 2. The van der Waals surface area contributed by atoms with Crippen molar-refractivity contribution in [2.45, 2.75) is 30.7 Å². The molecule has 0 spiro atoms. The molecule has 0 unspecified atom stereocenters. The van der Waals surface area contributed by atoms with Crippen molar-refractivity contribution in [1.29, 1.82) is 0 Å². The van der Waals surface area contributed by atoms with Crippen LogP contribution in [0.25, 0.3) is 11.1 Å². The number of ether oxygens (including phenoxy) is 1. The molecule has 12 heteroatoms. The zero-order chi connectivity index (χ0) is 22.9. The summed E-state index contributed by atoms with van der Waals surface area (Å²) in [4.78, 5) is 36.5. The van der Waals surface area contributed by atoms with E-state index in [9.17, 15) is 22.8 Å². The summed E-state index contributed by atoms with van der Waals surface area (Å²) in [5.74, 6) is -1.51. The number of nitrogens with one attached hydrogen (secondary N) is 1. The molecule has 10 nitrogen and oxygen atoms in total. The molecule has 1 aliphatic heterocycles. The number of methoxy groups -OCH3 is 1. The van der Waals surface area contributed by atoms with Gasteiger partial charge in [0.25, 0.3) is 0 Å². The van der Waals surface area contributed by atoms with Gasteiger partial charge in [-0.2, -0.15) is 4.31 Å². The molecule has 0 bridgehead atoms. The highest BCUT2D eigenvalue weighted by atomic mass is 32.2. The fourth-order valence-electron chi connectivity index (χ4n) is 3.53. The number of benzene rings is 1. The largest absolute Gasteiger partial charge is 0.465 e. The van der Waals surface area contributed by atoms with Crippen LogP contribution in [-0.2, 0) is 26.1 Å². The molecule has 3 heterocycles. The van der Waals surface area contributed by atoms with Crippen molar-refractivity contribution < 1.29 is 27.2 Å². The average molecular weight is 480 g/mol. The molecule has 1 N–H and O–H groups in total. The van der Waals surface area contributed by atoms with Crippen molar-refractivity contribution in [1.82, 2.24) is 8.87 Å². The molecular weight excluding hydrogens is 458 g/mol. The fraction of sp³-hybridized carbons (Fsp3) is 0.350. The SMILES string of the molecule is COC(=O)c1ccc(NC(=O)CCn2c(=O)oc3cc(S(=O)(=O)N4CCCC4)ccc32)s1. The molecule has 3 aromatic rings. The number of carbonyl (C=O) groups is 2. The van der Waals surface area contributed by atoms with Crippen LogP contribution in [0.1, 0.15) is 28.9 Å². The quantitative estimate of drug-likeness (QED) is 0.515. The molecule has 1 aliphatic rings. The van der Waals surface area contributed by atoms with E-state index in [1.807, 2.05) is 0 Å². The molecular formula is C20H21N3O7S2. The van der Waals surface area contributed by atoms with E-state index < -0.39 is 21.7 Å². The number of aromatic nitrogens is 1. The number of oxazole rings is 1. The number of anilines is 1. The highest BCUT2D eigenvalue weighted by Crippen LogP contribution is 2.25. The molecule has 0 radical (unpaired) electrons. The fourth-order valence-corrected chi connectivity index (χ4v) is 5.90. The average Bonchev–Trinajstić information content (AvgIpc) is 3.51. The predicted octanol–water partition coefficient (Wildman–Crippen LogP) is 2.26. The first-order chi connectivity index (χ1) is 15.3.